The Morgan fingerprint density at radius 2 is 1.42 bits per heavy atom. The zero-order valence-electron chi connectivity index (χ0n) is 13.5. The van der Waals surface area contributed by atoms with Gasteiger partial charge in [0.1, 0.15) is 4.90 Å². The highest BCUT2D eigenvalue weighted by atomic mass is 35.5. The van der Waals surface area contributed by atoms with Gasteiger partial charge in [-0.1, -0.05) is 54.1 Å². The van der Waals surface area contributed by atoms with E-state index < -0.39 is 15.9 Å². The summed E-state index contributed by atoms with van der Waals surface area (Å²) in [4.78, 5) is 12.5. The number of hydrogen-bond donors (Lipinski definition) is 2. The summed E-state index contributed by atoms with van der Waals surface area (Å²) in [6, 6.07) is 21.4. The number of rotatable bonds is 5. The Bertz CT molecular complexity index is 1040. The number of sulfonamides is 1. The van der Waals surface area contributed by atoms with Crippen molar-refractivity contribution in [3.63, 3.8) is 0 Å². The Morgan fingerprint density at radius 1 is 0.808 bits per heavy atom. The third-order valence-corrected chi connectivity index (χ3v) is 5.44. The maximum absolute atomic E-state index is 12.6. The van der Waals surface area contributed by atoms with Crippen LogP contribution in [0.5, 0.6) is 0 Å². The first-order valence-electron chi connectivity index (χ1n) is 7.70. The highest BCUT2D eigenvalue weighted by Gasteiger charge is 2.20. The van der Waals surface area contributed by atoms with E-state index in [-0.39, 0.29) is 21.2 Å². The molecule has 0 radical (unpaired) electrons. The minimum atomic E-state index is -3.93. The van der Waals surface area contributed by atoms with E-state index in [0.29, 0.717) is 5.69 Å². The molecule has 3 rings (SSSR count). The van der Waals surface area contributed by atoms with E-state index in [4.69, 9.17) is 11.6 Å². The van der Waals surface area contributed by atoms with Gasteiger partial charge in [-0.05, 0) is 36.4 Å². The fourth-order valence-electron chi connectivity index (χ4n) is 2.35. The Kier molecular flexibility index (Phi) is 5.25. The second-order valence-corrected chi connectivity index (χ2v) is 7.46. The molecule has 1 amide bonds. The lowest BCUT2D eigenvalue weighted by Crippen LogP contribution is -2.18. The van der Waals surface area contributed by atoms with Gasteiger partial charge in [0.2, 0.25) is 0 Å². The molecule has 7 heteroatoms. The molecule has 0 atom stereocenters. The zero-order chi connectivity index (χ0) is 18.6. The summed E-state index contributed by atoms with van der Waals surface area (Å²) in [5.41, 5.74) is 0.981. The lowest BCUT2D eigenvalue weighted by atomic mass is 10.1. The number of carbonyl (C=O) groups excluding carboxylic acids is 1. The summed E-state index contributed by atoms with van der Waals surface area (Å²) in [7, 11) is -3.93. The standard InChI is InChI=1S/C19H15ClN2O3S/c20-16-11-5-7-13-18(16)26(24,25)22-17-12-6-4-10-15(17)19(23)21-14-8-2-1-3-9-14/h1-13,22H,(H,21,23). The summed E-state index contributed by atoms with van der Waals surface area (Å²) >= 11 is 5.99. The normalized spacial score (nSPS) is 11.0. The molecule has 0 fully saturated rings. The van der Waals surface area contributed by atoms with Crippen molar-refractivity contribution in [1.82, 2.24) is 0 Å². The highest BCUT2D eigenvalue weighted by Crippen LogP contribution is 2.25. The summed E-state index contributed by atoms with van der Waals surface area (Å²) in [6.45, 7) is 0. The molecule has 0 bridgehead atoms. The minimum Gasteiger partial charge on any atom is -0.322 e. The maximum atomic E-state index is 12.6. The summed E-state index contributed by atoms with van der Waals surface area (Å²) in [6.07, 6.45) is 0. The van der Waals surface area contributed by atoms with Gasteiger partial charge < -0.3 is 5.32 Å². The molecule has 5 nitrogen and oxygen atoms in total. The largest absolute Gasteiger partial charge is 0.322 e. The fourth-order valence-corrected chi connectivity index (χ4v) is 3.95. The molecule has 0 aliphatic rings. The van der Waals surface area contributed by atoms with Gasteiger partial charge in [0.25, 0.3) is 15.9 Å². The van der Waals surface area contributed by atoms with Crippen LogP contribution in [0.25, 0.3) is 0 Å². The fraction of sp³-hybridized carbons (Fsp3) is 0. The molecule has 0 saturated heterocycles. The molecule has 0 saturated carbocycles. The molecule has 0 spiro atoms. The molecule has 132 valence electrons. The first-order chi connectivity index (χ1) is 12.5. The van der Waals surface area contributed by atoms with Gasteiger partial charge >= 0.3 is 0 Å². The number of amides is 1. The lowest BCUT2D eigenvalue weighted by molar-refractivity contribution is 0.102. The third-order valence-electron chi connectivity index (χ3n) is 3.57. The topological polar surface area (TPSA) is 75.3 Å². The van der Waals surface area contributed by atoms with Crippen LogP contribution in [0.2, 0.25) is 5.02 Å². The molecular formula is C19H15ClN2O3S. The van der Waals surface area contributed by atoms with Gasteiger partial charge in [-0.15, -0.1) is 0 Å². The van der Waals surface area contributed by atoms with E-state index in [1.165, 1.54) is 18.2 Å². The van der Waals surface area contributed by atoms with E-state index in [9.17, 15) is 13.2 Å². The van der Waals surface area contributed by atoms with E-state index >= 15 is 0 Å². The molecule has 0 aliphatic heterocycles. The van der Waals surface area contributed by atoms with Crippen LogP contribution in [-0.2, 0) is 10.0 Å². The summed E-state index contributed by atoms with van der Waals surface area (Å²) in [5.74, 6) is -0.423. The third kappa shape index (κ3) is 4.04. The average molecular weight is 387 g/mol. The number of halogens is 1. The molecular weight excluding hydrogens is 372 g/mol. The molecule has 0 aromatic heterocycles. The van der Waals surface area contributed by atoms with Crippen molar-refractivity contribution < 1.29 is 13.2 Å². The number of hydrogen-bond acceptors (Lipinski definition) is 3. The number of nitrogens with one attached hydrogen (secondary N) is 2. The van der Waals surface area contributed by atoms with Gasteiger partial charge in [0.05, 0.1) is 16.3 Å². The van der Waals surface area contributed by atoms with E-state index in [1.807, 2.05) is 6.07 Å². The van der Waals surface area contributed by atoms with Crippen LogP contribution in [0.15, 0.2) is 83.8 Å². The first-order valence-corrected chi connectivity index (χ1v) is 9.56. The molecule has 26 heavy (non-hydrogen) atoms. The van der Waals surface area contributed by atoms with Crippen molar-refractivity contribution in [2.24, 2.45) is 0 Å². The first kappa shape index (κ1) is 18.0. The molecule has 3 aromatic rings. The zero-order valence-corrected chi connectivity index (χ0v) is 15.1. The van der Waals surface area contributed by atoms with Crippen LogP contribution in [0.3, 0.4) is 0 Å². The lowest BCUT2D eigenvalue weighted by Gasteiger charge is -2.13. The number of benzene rings is 3. The second kappa shape index (κ2) is 7.59. The van der Waals surface area contributed by atoms with Gasteiger partial charge in [0, 0.05) is 5.69 Å². The number of anilines is 2. The second-order valence-electron chi connectivity index (χ2n) is 5.40. The molecule has 2 N–H and O–H groups in total. The Hall–Kier alpha value is -2.83. The average Bonchev–Trinajstić information content (AvgIpc) is 2.63. The SMILES string of the molecule is O=C(Nc1ccccc1)c1ccccc1NS(=O)(=O)c1ccccc1Cl. The van der Waals surface area contributed by atoms with Crippen molar-refractivity contribution in [3.05, 3.63) is 89.4 Å². The van der Waals surface area contributed by atoms with Gasteiger partial charge in [-0.25, -0.2) is 8.42 Å². The Labute approximate surface area is 156 Å². The van der Waals surface area contributed by atoms with Crippen molar-refractivity contribution in [1.29, 1.82) is 0 Å². The maximum Gasteiger partial charge on any atom is 0.263 e. The Balaban J connectivity index is 1.90. The van der Waals surface area contributed by atoms with Crippen molar-refractivity contribution in [2.45, 2.75) is 4.90 Å². The van der Waals surface area contributed by atoms with E-state index in [1.54, 1.807) is 54.6 Å². The number of para-hydroxylation sites is 2. The van der Waals surface area contributed by atoms with Gasteiger partial charge in [-0.3, -0.25) is 9.52 Å². The quantitative estimate of drug-likeness (QED) is 0.682. The van der Waals surface area contributed by atoms with Crippen LogP contribution in [0.1, 0.15) is 10.4 Å². The predicted octanol–water partition coefficient (Wildman–Crippen LogP) is 4.39. The highest BCUT2D eigenvalue weighted by molar-refractivity contribution is 7.92. The minimum absolute atomic E-state index is 0.0556. The van der Waals surface area contributed by atoms with Crippen LogP contribution in [0, 0.1) is 0 Å². The van der Waals surface area contributed by atoms with Crippen LogP contribution >= 0.6 is 11.6 Å². The van der Waals surface area contributed by atoms with Crippen LogP contribution < -0.4 is 10.0 Å². The van der Waals surface area contributed by atoms with Crippen molar-refractivity contribution in [2.75, 3.05) is 10.0 Å². The predicted molar refractivity (Wildman–Crippen MR) is 103 cm³/mol. The molecule has 3 aromatic carbocycles. The molecule has 0 heterocycles. The molecule has 0 unspecified atom stereocenters. The Morgan fingerprint density at radius 3 is 2.15 bits per heavy atom. The van der Waals surface area contributed by atoms with Gasteiger partial charge in [0.15, 0.2) is 0 Å². The van der Waals surface area contributed by atoms with Gasteiger partial charge in [-0.2, -0.15) is 0 Å². The number of carbonyl (C=O) groups is 1. The summed E-state index contributed by atoms with van der Waals surface area (Å²) < 4.78 is 27.7. The smallest absolute Gasteiger partial charge is 0.263 e. The van der Waals surface area contributed by atoms with Crippen LogP contribution in [0.4, 0.5) is 11.4 Å². The molecule has 0 aliphatic carbocycles. The van der Waals surface area contributed by atoms with Crippen molar-refractivity contribution in [3.8, 4) is 0 Å². The monoisotopic (exact) mass is 386 g/mol. The van der Waals surface area contributed by atoms with Crippen molar-refractivity contribution >= 4 is 38.9 Å². The van der Waals surface area contributed by atoms with E-state index in [2.05, 4.69) is 10.0 Å². The van der Waals surface area contributed by atoms with Crippen LogP contribution in [-0.4, -0.2) is 14.3 Å². The summed E-state index contributed by atoms with van der Waals surface area (Å²) in [5, 5.41) is 2.84. The van der Waals surface area contributed by atoms with E-state index in [0.717, 1.165) is 0 Å².